The highest BCUT2D eigenvalue weighted by molar-refractivity contribution is 6.29. The average molecular weight is 378 g/mol. The van der Waals surface area contributed by atoms with Crippen molar-refractivity contribution in [2.75, 3.05) is 5.32 Å². The molecule has 0 spiro atoms. The van der Waals surface area contributed by atoms with Crippen LogP contribution in [0, 0.1) is 11.7 Å². The third-order valence-electron chi connectivity index (χ3n) is 3.84. The lowest BCUT2D eigenvalue weighted by atomic mass is 10.1. The Hall–Kier alpha value is -2.74. The van der Waals surface area contributed by atoms with Gasteiger partial charge in [0.2, 0.25) is 6.41 Å². The number of aromatic amines is 1. The predicted molar refractivity (Wildman–Crippen MR) is 96.9 cm³/mol. The number of hydrogen-bond donors (Lipinski definition) is 2. The fourth-order valence-corrected chi connectivity index (χ4v) is 2.90. The Balaban J connectivity index is 2.05. The van der Waals surface area contributed by atoms with Crippen molar-refractivity contribution in [3.63, 3.8) is 0 Å². The molecule has 1 amide bonds. The van der Waals surface area contributed by atoms with Crippen LogP contribution in [0.15, 0.2) is 23.1 Å². The van der Waals surface area contributed by atoms with Gasteiger partial charge in [0.15, 0.2) is 5.82 Å². The first-order valence-corrected chi connectivity index (χ1v) is 8.40. The third kappa shape index (κ3) is 3.45. The number of H-pyrrole nitrogens is 1. The van der Waals surface area contributed by atoms with E-state index in [9.17, 15) is 14.0 Å². The van der Waals surface area contributed by atoms with Crippen molar-refractivity contribution in [2.45, 2.75) is 26.8 Å². The highest BCUT2D eigenvalue weighted by Gasteiger charge is 2.16. The molecule has 26 heavy (non-hydrogen) atoms. The van der Waals surface area contributed by atoms with Crippen LogP contribution in [0.25, 0.3) is 11.0 Å². The summed E-state index contributed by atoms with van der Waals surface area (Å²) < 4.78 is 15.3. The molecule has 0 saturated heterocycles. The van der Waals surface area contributed by atoms with Gasteiger partial charge in [-0.1, -0.05) is 25.4 Å². The normalized spacial score (nSPS) is 11.3. The highest BCUT2D eigenvalue weighted by Crippen LogP contribution is 2.21. The Bertz CT molecular complexity index is 1030. The van der Waals surface area contributed by atoms with E-state index in [0.717, 1.165) is 6.20 Å². The molecule has 0 aromatic carbocycles. The van der Waals surface area contributed by atoms with E-state index in [-0.39, 0.29) is 22.9 Å². The van der Waals surface area contributed by atoms with Gasteiger partial charge in [-0.2, -0.15) is 0 Å². The minimum atomic E-state index is -0.513. The molecule has 0 unspecified atom stereocenters. The Kier molecular flexibility index (Phi) is 5.03. The molecule has 0 radical (unpaired) electrons. The Morgan fingerprint density at radius 1 is 1.42 bits per heavy atom. The molecule has 0 saturated carbocycles. The van der Waals surface area contributed by atoms with Gasteiger partial charge in [-0.25, -0.2) is 9.37 Å². The molecule has 0 aliphatic rings. The summed E-state index contributed by atoms with van der Waals surface area (Å²) in [4.78, 5) is 34.5. The predicted octanol–water partition coefficient (Wildman–Crippen LogP) is 2.73. The zero-order valence-electron chi connectivity index (χ0n) is 14.2. The molecule has 9 heteroatoms. The number of fused-ring (bicyclic) bond motifs is 1. The molecule has 2 N–H and O–H groups in total. The molecule has 0 bridgehead atoms. The first kappa shape index (κ1) is 18.1. The van der Waals surface area contributed by atoms with E-state index < -0.39 is 11.4 Å². The second-order valence-corrected chi connectivity index (χ2v) is 6.67. The largest absolute Gasteiger partial charge is 0.338 e. The van der Waals surface area contributed by atoms with E-state index in [1.54, 1.807) is 0 Å². The molecule has 3 aromatic rings. The maximum atomic E-state index is 14.1. The van der Waals surface area contributed by atoms with E-state index >= 15 is 0 Å². The number of carbonyl (C=O) groups excluding carboxylic acids is 1. The number of nitrogens with one attached hydrogen (secondary N) is 2. The van der Waals surface area contributed by atoms with Crippen LogP contribution in [-0.2, 0) is 17.8 Å². The Labute approximate surface area is 153 Å². The van der Waals surface area contributed by atoms with Gasteiger partial charge in [0.1, 0.15) is 27.7 Å². The topological polar surface area (TPSA) is 92.7 Å². The summed E-state index contributed by atoms with van der Waals surface area (Å²) >= 11 is 6.10. The lowest BCUT2D eigenvalue weighted by molar-refractivity contribution is -0.105. The lowest BCUT2D eigenvalue weighted by Crippen LogP contribution is -2.24. The molecule has 0 fully saturated rings. The number of nitrogens with zero attached hydrogens (tertiary/aromatic N) is 3. The van der Waals surface area contributed by atoms with Gasteiger partial charge in [0, 0.05) is 0 Å². The first-order valence-electron chi connectivity index (χ1n) is 8.02. The summed E-state index contributed by atoms with van der Waals surface area (Å²) in [5, 5.41) is 2.50. The number of pyridine rings is 2. The van der Waals surface area contributed by atoms with E-state index in [1.807, 2.05) is 13.8 Å². The van der Waals surface area contributed by atoms with Crippen LogP contribution in [0.2, 0.25) is 5.15 Å². The number of hydrogen-bond acceptors (Lipinski definition) is 4. The summed E-state index contributed by atoms with van der Waals surface area (Å²) in [6, 6.07) is 2.91. The van der Waals surface area contributed by atoms with Gasteiger partial charge >= 0.3 is 0 Å². The second kappa shape index (κ2) is 7.25. The number of amides is 1. The number of imidazole rings is 1. The molecule has 0 aliphatic carbocycles. The standard InChI is InChI=1S/C17H17ClFN5O2/c1-9(2)5-12-16-15(10(19)6-20-12)22-14(23-16)7-24-13(18)4-3-11(17(24)26)21-8-25/h3-4,6,8-9H,5,7H2,1-2H3,(H,21,25)(H,22,23). The van der Waals surface area contributed by atoms with Crippen LogP contribution in [0.1, 0.15) is 25.4 Å². The molecule has 136 valence electrons. The molecule has 0 aliphatic heterocycles. The van der Waals surface area contributed by atoms with Crippen molar-refractivity contribution in [1.29, 1.82) is 0 Å². The third-order valence-corrected chi connectivity index (χ3v) is 4.17. The smallest absolute Gasteiger partial charge is 0.275 e. The SMILES string of the molecule is CC(C)Cc1ncc(F)c2[nH]c(Cn3c(Cl)ccc(NC=O)c3=O)nc12. The van der Waals surface area contributed by atoms with E-state index in [4.69, 9.17) is 11.6 Å². The van der Waals surface area contributed by atoms with Gasteiger partial charge in [-0.15, -0.1) is 0 Å². The average Bonchev–Trinajstić information content (AvgIpc) is 3.02. The van der Waals surface area contributed by atoms with E-state index in [2.05, 4.69) is 20.3 Å². The van der Waals surface area contributed by atoms with Gasteiger partial charge in [0.25, 0.3) is 5.56 Å². The molecule has 0 atom stereocenters. The van der Waals surface area contributed by atoms with Crippen LogP contribution in [0.4, 0.5) is 10.1 Å². The van der Waals surface area contributed by atoms with Crippen molar-refractivity contribution in [1.82, 2.24) is 19.5 Å². The summed E-state index contributed by atoms with van der Waals surface area (Å²) in [5.74, 6) is 0.185. The number of rotatable bonds is 6. The monoisotopic (exact) mass is 377 g/mol. The lowest BCUT2D eigenvalue weighted by Gasteiger charge is -2.08. The highest BCUT2D eigenvalue weighted by atomic mass is 35.5. The minimum Gasteiger partial charge on any atom is -0.338 e. The maximum absolute atomic E-state index is 14.1. The Morgan fingerprint density at radius 3 is 2.88 bits per heavy atom. The van der Waals surface area contributed by atoms with Gasteiger partial charge < -0.3 is 10.3 Å². The number of anilines is 1. The first-order chi connectivity index (χ1) is 12.4. The van der Waals surface area contributed by atoms with Crippen molar-refractivity contribution in [3.05, 3.63) is 51.2 Å². The van der Waals surface area contributed by atoms with E-state index in [0.29, 0.717) is 35.8 Å². The van der Waals surface area contributed by atoms with Crippen LogP contribution in [0.5, 0.6) is 0 Å². The number of carbonyl (C=O) groups is 1. The zero-order chi connectivity index (χ0) is 18.8. The molecular weight excluding hydrogens is 361 g/mol. The fraction of sp³-hybridized carbons (Fsp3) is 0.294. The van der Waals surface area contributed by atoms with Crippen molar-refractivity contribution < 1.29 is 9.18 Å². The number of halogens is 2. The van der Waals surface area contributed by atoms with Crippen LogP contribution in [-0.4, -0.2) is 25.9 Å². The zero-order valence-corrected chi connectivity index (χ0v) is 15.0. The molecule has 3 aromatic heterocycles. The molecule has 7 nitrogen and oxygen atoms in total. The summed E-state index contributed by atoms with van der Waals surface area (Å²) in [6.45, 7) is 4.08. The number of aromatic nitrogens is 4. The summed E-state index contributed by atoms with van der Waals surface area (Å²) in [6.07, 6.45) is 2.23. The molecular formula is C17H17ClFN5O2. The quantitative estimate of drug-likeness (QED) is 0.510. The van der Waals surface area contributed by atoms with Gasteiger partial charge in [-0.3, -0.25) is 19.1 Å². The van der Waals surface area contributed by atoms with Crippen molar-refractivity contribution >= 4 is 34.7 Å². The fourth-order valence-electron chi connectivity index (χ4n) is 2.70. The Morgan fingerprint density at radius 2 is 2.19 bits per heavy atom. The van der Waals surface area contributed by atoms with E-state index in [1.165, 1.54) is 16.7 Å². The van der Waals surface area contributed by atoms with Gasteiger partial charge in [-0.05, 0) is 24.5 Å². The van der Waals surface area contributed by atoms with Gasteiger partial charge in [0.05, 0.1) is 18.4 Å². The van der Waals surface area contributed by atoms with Crippen molar-refractivity contribution in [3.8, 4) is 0 Å². The minimum absolute atomic E-state index is 0.00127. The van der Waals surface area contributed by atoms with Crippen LogP contribution < -0.4 is 10.9 Å². The second-order valence-electron chi connectivity index (χ2n) is 6.28. The van der Waals surface area contributed by atoms with Crippen molar-refractivity contribution in [2.24, 2.45) is 5.92 Å². The summed E-state index contributed by atoms with van der Waals surface area (Å²) in [7, 11) is 0. The molecule has 3 heterocycles. The molecule has 3 rings (SSSR count). The van der Waals surface area contributed by atoms with Crippen LogP contribution >= 0.6 is 11.6 Å². The maximum Gasteiger partial charge on any atom is 0.275 e. The van der Waals surface area contributed by atoms with Crippen LogP contribution in [0.3, 0.4) is 0 Å². The summed E-state index contributed by atoms with van der Waals surface area (Å²) in [5.41, 5.74) is 0.991.